The maximum Gasteiger partial charge on any atom is 0.419 e. The molecule has 1 unspecified atom stereocenters. The van der Waals surface area contributed by atoms with Gasteiger partial charge in [-0.05, 0) is 43.0 Å². The summed E-state index contributed by atoms with van der Waals surface area (Å²) in [5.74, 6) is -0.620. The summed E-state index contributed by atoms with van der Waals surface area (Å²) in [6, 6.07) is 3.21. The van der Waals surface area contributed by atoms with E-state index >= 15 is 0 Å². The molecule has 0 heterocycles. The molecule has 1 fully saturated rings. The van der Waals surface area contributed by atoms with Gasteiger partial charge in [0.05, 0.1) is 5.56 Å². The van der Waals surface area contributed by atoms with Crippen LogP contribution in [0.4, 0.5) is 17.6 Å². The van der Waals surface area contributed by atoms with E-state index in [0.29, 0.717) is 11.5 Å². The second-order valence-electron chi connectivity index (χ2n) is 5.42. The van der Waals surface area contributed by atoms with Gasteiger partial charge in [-0.2, -0.15) is 13.2 Å². The van der Waals surface area contributed by atoms with E-state index in [1.54, 1.807) is 0 Å². The van der Waals surface area contributed by atoms with Gasteiger partial charge in [-0.15, -0.1) is 0 Å². The van der Waals surface area contributed by atoms with Gasteiger partial charge in [0.2, 0.25) is 0 Å². The minimum absolute atomic E-state index is 0.121. The second-order valence-corrected chi connectivity index (χ2v) is 5.42. The van der Waals surface area contributed by atoms with Crippen LogP contribution in [-0.2, 0) is 6.18 Å². The lowest BCUT2D eigenvalue weighted by molar-refractivity contribution is -0.140. The van der Waals surface area contributed by atoms with Crippen molar-refractivity contribution >= 4 is 0 Å². The van der Waals surface area contributed by atoms with Gasteiger partial charge in [-0.25, -0.2) is 4.39 Å². The fraction of sp³-hybridized carbons (Fsp3) is 0.600. The molecule has 1 atom stereocenters. The zero-order chi connectivity index (χ0) is 14.8. The molecule has 20 heavy (non-hydrogen) atoms. The molecular formula is C15H19F4N. The predicted octanol–water partition coefficient (Wildman–Crippen LogP) is 4.69. The SMILES string of the molecule is CCCNC(CC1CC1)c1ccc(F)c(C(F)(F)F)c1. The highest BCUT2D eigenvalue weighted by Crippen LogP contribution is 2.39. The van der Waals surface area contributed by atoms with Gasteiger partial charge < -0.3 is 5.32 Å². The molecule has 5 heteroatoms. The molecule has 1 aliphatic carbocycles. The number of halogens is 4. The minimum atomic E-state index is -4.64. The highest BCUT2D eigenvalue weighted by molar-refractivity contribution is 5.29. The Labute approximate surface area is 116 Å². The van der Waals surface area contributed by atoms with Crippen LogP contribution in [0.3, 0.4) is 0 Å². The molecule has 112 valence electrons. The van der Waals surface area contributed by atoms with Gasteiger partial charge in [0, 0.05) is 6.04 Å². The molecule has 1 saturated carbocycles. The zero-order valence-corrected chi connectivity index (χ0v) is 11.4. The van der Waals surface area contributed by atoms with Crippen molar-refractivity contribution in [2.75, 3.05) is 6.54 Å². The molecule has 0 saturated heterocycles. The first-order valence-electron chi connectivity index (χ1n) is 7.01. The average molecular weight is 289 g/mol. The lowest BCUT2D eigenvalue weighted by atomic mass is 9.98. The third kappa shape index (κ3) is 3.95. The quantitative estimate of drug-likeness (QED) is 0.749. The van der Waals surface area contributed by atoms with Crippen LogP contribution >= 0.6 is 0 Å². The molecule has 0 spiro atoms. The van der Waals surface area contributed by atoms with Crippen molar-refractivity contribution in [2.24, 2.45) is 5.92 Å². The highest BCUT2D eigenvalue weighted by atomic mass is 19.4. The topological polar surface area (TPSA) is 12.0 Å². The number of nitrogens with one attached hydrogen (secondary N) is 1. The van der Waals surface area contributed by atoms with Crippen molar-refractivity contribution in [3.8, 4) is 0 Å². The first-order valence-corrected chi connectivity index (χ1v) is 7.01. The Morgan fingerprint density at radius 2 is 2.00 bits per heavy atom. The van der Waals surface area contributed by atoms with Crippen LogP contribution in [0.1, 0.15) is 49.8 Å². The lowest BCUT2D eigenvalue weighted by Crippen LogP contribution is -2.23. The first-order chi connectivity index (χ1) is 9.41. The highest BCUT2D eigenvalue weighted by Gasteiger charge is 2.35. The minimum Gasteiger partial charge on any atom is -0.310 e. The van der Waals surface area contributed by atoms with Crippen molar-refractivity contribution < 1.29 is 17.6 Å². The van der Waals surface area contributed by atoms with E-state index in [4.69, 9.17) is 0 Å². The van der Waals surface area contributed by atoms with Crippen molar-refractivity contribution in [1.29, 1.82) is 0 Å². The van der Waals surface area contributed by atoms with Crippen LogP contribution < -0.4 is 5.32 Å². The molecule has 0 radical (unpaired) electrons. The summed E-state index contributed by atoms with van der Waals surface area (Å²) in [5.41, 5.74) is -0.645. The van der Waals surface area contributed by atoms with E-state index in [2.05, 4.69) is 5.32 Å². The normalized spacial score (nSPS) is 17.2. The largest absolute Gasteiger partial charge is 0.419 e. The maximum atomic E-state index is 13.3. The summed E-state index contributed by atoms with van der Waals surface area (Å²) in [4.78, 5) is 0. The molecule has 1 N–H and O–H groups in total. The smallest absolute Gasteiger partial charge is 0.310 e. The predicted molar refractivity (Wildman–Crippen MR) is 69.8 cm³/mol. The van der Waals surface area contributed by atoms with Gasteiger partial charge in [-0.3, -0.25) is 0 Å². The van der Waals surface area contributed by atoms with Gasteiger partial charge >= 0.3 is 6.18 Å². The Kier molecular flexibility index (Phi) is 4.68. The third-order valence-electron chi connectivity index (χ3n) is 3.60. The number of rotatable bonds is 6. The molecule has 1 aromatic rings. The van der Waals surface area contributed by atoms with Gasteiger partial charge in [-0.1, -0.05) is 25.8 Å². The monoisotopic (exact) mass is 289 g/mol. The molecule has 1 aromatic carbocycles. The van der Waals surface area contributed by atoms with E-state index in [9.17, 15) is 17.6 Å². The summed E-state index contributed by atoms with van der Waals surface area (Å²) >= 11 is 0. The molecule has 0 bridgehead atoms. The average Bonchev–Trinajstić information content (AvgIpc) is 3.18. The van der Waals surface area contributed by atoms with E-state index in [1.165, 1.54) is 6.07 Å². The summed E-state index contributed by atoms with van der Waals surface area (Å²) in [6.45, 7) is 2.75. The molecule has 1 aliphatic rings. The van der Waals surface area contributed by atoms with Crippen molar-refractivity contribution in [3.63, 3.8) is 0 Å². The fourth-order valence-corrected chi connectivity index (χ4v) is 2.32. The van der Waals surface area contributed by atoms with Crippen molar-refractivity contribution in [1.82, 2.24) is 5.32 Å². The number of alkyl halides is 3. The summed E-state index contributed by atoms with van der Waals surface area (Å²) < 4.78 is 51.6. The fourth-order valence-electron chi connectivity index (χ4n) is 2.32. The number of hydrogen-bond donors (Lipinski definition) is 1. The Bertz CT molecular complexity index is 452. The van der Waals surface area contributed by atoms with Gasteiger partial charge in [0.25, 0.3) is 0 Å². The molecular weight excluding hydrogens is 270 g/mol. The Balaban J connectivity index is 2.22. The van der Waals surface area contributed by atoms with Gasteiger partial charge in [0.1, 0.15) is 5.82 Å². The van der Waals surface area contributed by atoms with Crippen LogP contribution in [0, 0.1) is 11.7 Å². The van der Waals surface area contributed by atoms with Crippen LogP contribution in [-0.4, -0.2) is 6.54 Å². The summed E-state index contributed by atoms with van der Waals surface area (Å²) in [6.07, 6.45) is -0.637. The summed E-state index contributed by atoms with van der Waals surface area (Å²) in [5, 5.41) is 3.27. The molecule has 2 rings (SSSR count). The van der Waals surface area contributed by atoms with Gasteiger partial charge in [0.15, 0.2) is 0 Å². The van der Waals surface area contributed by atoms with E-state index in [-0.39, 0.29) is 6.04 Å². The van der Waals surface area contributed by atoms with Crippen LogP contribution in [0.25, 0.3) is 0 Å². The molecule has 0 amide bonds. The van der Waals surface area contributed by atoms with Crippen LogP contribution in [0.15, 0.2) is 18.2 Å². The standard InChI is InChI=1S/C15H19F4N/c1-2-7-20-14(8-10-3-4-10)11-5-6-13(16)12(9-11)15(17,18)19/h5-6,9-10,14,20H,2-4,7-8H2,1H3. The molecule has 0 aromatic heterocycles. The lowest BCUT2D eigenvalue weighted by Gasteiger charge is -2.20. The first kappa shape index (κ1) is 15.3. The maximum absolute atomic E-state index is 13.3. The number of benzene rings is 1. The number of hydrogen-bond acceptors (Lipinski definition) is 1. The Morgan fingerprint density at radius 3 is 2.55 bits per heavy atom. The van der Waals surface area contributed by atoms with E-state index in [0.717, 1.165) is 44.4 Å². The van der Waals surface area contributed by atoms with Crippen LogP contribution in [0.2, 0.25) is 0 Å². The van der Waals surface area contributed by atoms with E-state index in [1.807, 2.05) is 6.92 Å². The Hall–Kier alpha value is -1.10. The van der Waals surface area contributed by atoms with Crippen molar-refractivity contribution in [2.45, 2.75) is 44.8 Å². The zero-order valence-electron chi connectivity index (χ0n) is 11.4. The third-order valence-corrected chi connectivity index (χ3v) is 3.60. The van der Waals surface area contributed by atoms with E-state index < -0.39 is 17.6 Å². The van der Waals surface area contributed by atoms with Crippen molar-refractivity contribution in [3.05, 3.63) is 35.1 Å². The molecule has 1 nitrogen and oxygen atoms in total. The Morgan fingerprint density at radius 1 is 1.30 bits per heavy atom. The second kappa shape index (κ2) is 6.12. The van der Waals surface area contributed by atoms with Crippen LogP contribution in [0.5, 0.6) is 0 Å². The summed E-state index contributed by atoms with van der Waals surface area (Å²) in [7, 11) is 0. The molecule has 0 aliphatic heterocycles.